The Hall–Kier alpha value is -3.01. The lowest BCUT2D eigenvalue weighted by molar-refractivity contribution is -0.387. The predicted molar refractivity (Wildman–Crippen MR) is 93.9 cm³/mol. The predicted octanol–water partition coefficient (Wildman–Crippen LogP) is 2.87. The van der Waals surface area contributed by atoms with Crippen molar-refractivity contribution in [2.75, 3.05) is 10.8 Å². The van der Waals surface area contributed by atoms with Crippen LogP contribution in [0.25, 0.3) is 0 Å². The molecule has 26 heavy (non-hydrogen) atoms. The van der Waals surface area contributed by atoms with Crippen molar-refractivity contribution in [1.29, 1.82) is 0 Å². The summed E-state index contributed by atoms with van der Waals surface area (Å²) in [6.07, 6.45) is 0.380. The molecule has 0 aliphatic carbocycles. The summed E-state index contributed by atoms with van der Waals surface area (Å²) >= 11 is 0. The second-order valence-corrected chi connectivity index (χ2v) is 7.89. The van der Waals surface area contributed by atoms with E-state index < -0.39 is 30.5 Å². The molecule has 0 aromatic heterocycles. The van der Waals surface area contributed by atoms with Crippen LogP contribution in [0.3, 0.4) is 0 Å². The minimum absolute atomic E-state index is 0.0723. The molecule has 0 amide bonds. The van der Waals surface area contributed by atoms with E-state index in [2.05, 4.69) is 0 Å². The van der Waals surface area contributed by atoms with Gasteiger partial charge in [0.1, 0.15) is 0 Å². The summed E-state index contributed by atoms with van der Waals surface area (Å²) in [5.41, 5.74) is 1.30. The Kier molecular flexibility index (Phi) is 4.15. The monoisotopic (exact) mass is 377 g/mol. The molecule has 0 N–H and O–H groups in total. The van der Waals surface area contributed by atoms with Gasteiger partial charge in [0.2, 0.25) is 0 Å². The number of aryl methyl sites for hydroxylation is 2. The topological polar surface area (TPSA) is 124 Å². The van der Waals surface area contributed by atoms with Crippen molar-refractivity contribution in [3.63, 3.8) is 0 Å². The Morgan fingerprint density at radius 3 is 2.27 bits per heavy atom. The van der Waals surface area contributed by atoms with Crippen LogP contribution in [0.1, 0.15) is 16.7 Å². The second kappa shape index (κ2) is 6.06. The Bertz CT molecular complexity index is 1050. The zero-order valence-electron chi connectivity index (χ0n) is 14.0. The fraction of sp³-hybridized carbons (Fsp3) is 0.250. The summed E-state index contributed by atoms with van der Waals surface area (Å²) < 4.78 is 27.2. The molecule has 2 aromatic rings. The van der Waals surface area contributed by atoms with Gasteiger partial charge in [0, 0.05) is 24.7 Å². The van der Waals surface area contributed by atoms with E-state index in [-0.39, 0.29) is 17.9 Å². The van der Waals surface area contributed by atoms with Crippen LogP contribution in [0.4, 0.5) is 17.1 Å². The van der Waals surface area contributed by atoms with Gasteiger partial charge in [-0.05, 0) is 43.0 Å². The van der Waals surface area contributed by atoms with Gasteiger partial charge in [-0.15, -0.1) is 0 Å². The molecule has 2 aromatic carbocycles. The molecule has 0 radical (unpaired) electrons. The number of hydrogen-bond donors (Lipinski definition) is 0. The van der Waals surface area contributed by atoms with E-state index in [1.165, 1.54) is 30.3 Å². The molecule has 0 bridgehead atoms. The van der Waals surface area contributed by atoms with Crippen LogP contribution in [0, 0.1) is 34.1 Å². The number of nitro groups is 2. The molecule has 0 saturated heterocycles. The van der Waals surface area contributed by atoms with Crippen molar-refractivity contribution in [2.24, 2.45) is 0 Å². The van der Waals surface area contributed by atoms with Gasteiger partial charge in [-0.25, -0.2) is 8.42 Å². The van der Waals surface area contributed by atoms with Gasteiger partial charge in [0.15, 0.2) is 4.90 Å². The maximum Gasteiger partial charge on any atom is 0.290 e. The first-order chi connectivity index (χ1) is 12.1. The fourth-order valence-corrected chi connectivity index (χ4v) is 4.67. The van der Waals surface area contributed by atoms with Crippen LogP contribution in [0.2, 0.25) is 0 Å². The molecule has 0 spiro atoms. The van der Waals surface area contributed by atoms with Crippen molar-refractivity contribution in [2.45, 2.75) is 25.2 Å². The molecule has 0 fully saturated rings. The molecule has 0 atom stereocenters. The van der Waals surface area contributed by atoms with E-state index in [0.717, 1.165) is 4.31 Å². The lowest BCUT2D eigenvalue weighted by Gasteiger charge is -2.20. The Labute approximate surface area is 149 Å². The third-order valence-corrected chi connectivity index (χ3v) is 6.32. The fourth-order valence-electron chi connectivity index (χ4n) is 2.94. The number of benzene rings is 2. The average molecular weight is 377 g/mol. The quantitative estimate of drug-likeness (QED) is 0.596. The van der Waals surface area contributed by atoms with Crippen molar-refractivity contribution < 1.29 is 18.3 Å². The zero-order valence-corrected chi connectivity index (χ0v) is 14.8. The number of fused-ring (bicyclic) bond motifs is 1. The summed E-state index contributed by atoms with van der Waals surface area (Å²) in [5, 5.41) is 22.4. The Morgan fingerprint density at radius 1 is 1.00 bits per heavy atom. The molecule has 10 heteroatoms. The Morgan fingerprint density at radius 2 is 1.65 bits per heavy atom. The van der Waals surface area contributed by atoms with Gasteiger partial charge < -0.3 is 0 Å². The standard InChI is InChI=1S/C16H15N3O6S/c1-10-7-15(19(22)23)16(8-11(10)2)26(24,25)17-6-5-12-3-4-13(18(20)21)9-14(12)17/h3-4,7-9H,5-6H2,1-2H3. The number of rotatable bonds is 4. The van der Waals surface area contributed by atoms with E-state index in [1.807, 2.05) is 0 Å². The SMILES string of the molecule is Cc1cc([N+](=O)[O-])c(S(=O)(=O)N2CCc3ccc([N+](=O)[O-])cc32)cc1C. The molecule has 1 aliphatic heterocycles. The summed E-state index contributed by atoms with van der Waals surface area (Å²) in [6.45, 7) is 3.40. The molecule has 0 unspecified atom stereocenters. The smallest absolute Gasteiger partial charge is 0.265 e. The van der Waals surface area contributed by atoms with Gasteiger partial charge in [0.25, 0.3) is 21.4 Å². The van der Waals surface area contributed by atoms with Gasteiger partial charge >= 0.3 is 0 Å². The van der Waals surface area contributed by atoms with Crippen LogP contribution in [-0.4, -0.2) is 24.8 Å². The molecule has 136 valence electrons. The molecule has 0 saturated carbocycles. The first-order valence-corrected chi connectivity index (χ1v) is 9.12. The lowest BCUT2D eigenvalue weighted by atomic mass is 10.1. The maximum atomic E-state index is 13.1. The van der Waals surface area contributed by atoms with Crippen LogP contribution in [-0.2, 0) is 16.4 Å². The van der Waals surface area contributed by atoms with Gasteiger partial charge in [-0.3, -0.25) is 24.5 Å². The van der Waals surface area contributed by atoms with Gasteiger partial charge in [0.05, 0.1) is 15.5 Å². The van der Waals surface area contributed by atoms with E-state index in [4.69, 9.17) is 0 Å². The number of hydrogen-bond acceptors (Lipinski definition) is 6. The minimum Gasteiger partial charge on any atom is -0.265 e. The van der Waals surface area contributed by atoms with Crippen molar-refractivity contribution in [3.05, 3.63) is 67.3 Å². The van der Waals surface area contributed by atoms with Crippen molar-refractivity contribution in [3.8, 4) is 0 Å². The second-order valence-electron chi connectivity index (χ2n) is 6.06. The van der Waals surface area contributed by atoms with E-state index in [0.29, 0.717) is 23.1 Å². The highest BCUT2D eigenvalue weighted by Crippen LogP contribution is 2.38. The lowest BCUT2D eigenvalue weighted by Crippen LogP contribution is -2.29. The molecular weight excluding hydrogens is 362 g/mol. The molecular formula is C16H15N3O6S. The number of non-ortho nitro benzene ring substituents is 1. The average Bonchev–Trinajstić information content (AvgIpc) is 3.00. The normalized spacial score (nSPS) is 13.5. The van der Waals surface area contributed by atoms with Crippen LogP contribution in [0.5, 0.6) is 0 Å². The third-order valence-electron chi connectivity index (χ3n) is 4.47. The summed E-state index contributed by atoms with van der Waals surface area (Å²) in [4.78, 5) is 20.6. The van der Waals surface area contributed by atoms with Crippen molar-refractivity contribution >= 4 is 27.1 Å². The van der Waals surface area contributed by atoms with E-state index in [1.54, 1.807) is 13.8 Å². The zero-order chi connectivity index (χ0) is 19.2. The molecule has 3 rings (SSSR count). The number of anilines is 1. The first-order valence-electron chi connectivity index (χ1n) is 7.68. The minimum atomic E-state index is -4.24. The highest BCUT2D eigenvalue weighted by molar-refractivity contribution is 7.93. The highest BCUT2D eigenvalue weighted by Gasteiger charge is 2.36. The van der Waals surface area contributed by atoms with Gasteiger partial charge in [-0.1, -0.05) is 6.07 Å². The first kappa shape index (κ1) is 17.8. The van der Waals surface area contributed by atoms with Crippen LogP contribution >= 0.6 is 0 Å². The summed E-state index contributed by atoms with van der Waals surface area (Å²) in [5.74, 6) is 0. The maximum absolute atomic E-state index is 13.1. The summed E-state index contributed by atoms with van der Waals surface area (Å²) in [6, 6.07) is 6.52. The Balaban J connectivity index is 2.18. The third kappa shape index (κ3) is 2.77. The van der Waals surface area contributed by atoms with Gasteiger partial charge in [-0.2, -0.15) is 0 Å². The highest BCUT2D eigenvalue weighted by atomic mass is 32.2. The van der Waals surface area contributed by atoms with Crippen molar-refractivity contribution in [1.82, 2.24) is 0 Å². The number of nitrogens with zero attached hydrogens (tertiary/aromatic N) is 3. The largest absolute Gasteiger partial charge is 0.290 e. The molecule has 1 aliphatic rings. The number of nitro benzene ring substituents is 2. The van der Waals surface area contributed by atoms with Crippen LogP contribution < -0.4 is 4.31 Å². The van der Waals surface area contributed by atoms with E-state index in [9.17, 15) is 28.6 Å². The number of sulfonamides is 1. The molecule has 1 heterocycles. The molecule has 9 nitrogen and oxygen atoms in total. The van der Waals surface area contributed by atoms with E-state index >= 15 is 0 Å². The summed E-state index contributed by atoms with van der Waals surface area (Å²) in [7, 11) is -4.24. The van der Waals surface area contributed by atoms with Crippen LogP contribution in [0.15, 0.2) is 35.2 Å².